The van der Waals surface area contributed by atoms with E-state index in [9.17, 15) is 4.79 Å². The van der Waals surface area contributed by atoms with Gasteiger partial charge in [0.05, 0.1) is 12.6 Å². The van der Waals surface area contributed by atoms with Crippen LogP contribution in [-0.4, -0.2) is 33.7 Å². The summed E-state index contributed by atoms with van der Waals surface area (Å²) in [6, 6.07) is 9.63. The van der Waals surface area contributed by atoms with Gasteiger partial charge in [-0.25, -0.2) is 0 Å². The lowest BCUT2D eigenvalue weighted by atomic mass is 10.1. The Labute approximate surface area is 135 Å². The lowest BCUT2D eigenvalue weighted by molar-refractivity contribution is -0.122. The minimum atomic E-state index is -0.425. The standard InChI is InChI=1S/C16H22N4OS/c1-22-10-7-15(17)16(21)18-11-13-3-5-14(6-4-13)12-20-9-2-8-19-20/h2-6,8-9,15H,7,10-12,17H2,1H3,(H,18,21). The first-order chi connectivity index (χ1) is 10.7. The number of carbonyl (C=O) groups is 1. The average Bonchev–Trinajstić information content (AvgIpc) is 3.04. The Kier molecular flexibility index (Phi) is 6.48. The molecule has 2 aromatic rings. The Balaban J connectivity index is 1.80. The van der Waals surface area contributed by atoms with Crippen LogP contribution in [0.25, 0.3) is 0 Å². The molecule has 0 aliphatic carbocycles. The van der Waals surface area contributed by atoms with Crippen LogP contribution in [0.2, 0.25) is 0 Å². The van der Waals surface area contributed by atoms with Crippen molar-refractivity contribution in [2.45, 2.75) is 25.6 Å². The summed E-state index contributed by atoms with van der Waals surface area (Å²) in [5, 5.41) is 7.06. The van der Waals surface area contributed by atoms with Crippen molar-refractivity contribution in [3.63, 3.8) is 0 Å². The number of thioether (sulfide) groups is 1. The quantitative estimate of drug-likeness (QED) is 0.776. The Morgan fingerprint density at radius 1 is 1.36 bits per heavy atom. The molecule has 1 aromatic heterocycles. The number of carbonyl (C=O) groups excluding carboxylic acids is 1. The van der Waals surface area contributed by atoms with Crippen LogP contribution in [-0.2, 0) is 17.9 Å². The number of nitrogens with zero attached hydrogens (tertiary/aromatic N) is 2. The number of aromatic nitrogens is 2. The topological polar surface area (TPSA) is 72.9 Å². The maximum Gasteiger partial charge on any atom is 0.237 e. The molecule has 0 aliphatic heterocycles. The third-order valence-electron chi connectivity index (χ3n) is 3.36. The third kappa shape index (κ3) is 5.20. The van der Waals surface area contributed by atoms with Gasteiger partial charge in [-0.3, -0.25) is 9.48 Å². The summed E-state index contributed by atoms with van der Waals surface area (Å²) >= 11 is 1.70. The van der Waals surface area contributed by atoms with Crippen molar-refractivity contribution in [3.8, 4) is 0 Å². The second-order valence-corrected chi connectivity index (χ2v) is 6.11. The van der Waals surface area contributed by atoms with E-state index in [1.54, 1.807) is 18.0 Å². The van der Waals surface area contributed by atoms with Gasteiger partial charge in [-0.2, -0.15) is 16.9 Å². The summed E-state index contributed by atoms with van der Waals surface area (Å²) in [4.78, 5) is 11.8. The third-order valence-corrected chi connectivity index (χ3v) is 4.01. The van der Waals surface area contributed by atoms with Crippen molar-refractivity contribution in [3.05, 3.63) is 53.9 Å². The fraction of sp³-hybridized carbons (Fsp3) is 0.375. The molecule has 6 heteroatoms. The smallest absolute Gasteiger partial charge is 0.237 e. The number of benzene rings is 1. The van der Waals surface area contributed by atoms with Crippen molar-refractivity contribution in [1.82, 2.24) is 15.1 Å². The molecule has 3 N–H and O–H groups in total. The predicted molar refractivity (Wildman–Crippen MR) is 90.6 cm³/mol. The van der Waals surface area contributed by atoms with Gasteiger partial charge in [0.15, 0.2) is 0 Å². The molecular formula is C16H22N4OS. The van der Waals surface area contributed by atoms with Gasteiger partial charge in [-0.05, 0) is 35.6 Å². The first-order valence-electron chi connectivity index (χ1n) is 7.26. The fourth-order valence-electron chi connectivity index (χ4n) is 2.04. The Morgan fingerprint density at radius 2 is 2.09 bits per heavy atom. The fourth-order valence-corrected chi connectivity index (χ4v) is 2.53. The molecule has 0 bridgehead atoms. The summed E-state index contributed by atoms with van der Waals surface area (Å²) in [5.41, 5.74) is 8.07. The molecule has 2 rings (SSSR count). The molecule has 0 saturated heterocycles. The van der Waals surface area contributed by atoms with E-state index in [4.69, 9.17) is 5.73 Å². The molecule has 1 atom stereocenters. The highest BCUT2D eigenvalue weighted by Crippen LogP contribution is 2.06. The van der Waals surface area contributed by atoms with Crippen molar-refractivity contribution >= 4 is 17.7 Å². The summed E-state index contributed by atoms with van der Waals surface area (Å²) in [6.45, 7) is 1.26. The van der Waals surface area contributed by atoms with E-state index in [1.807, 2.05) is 35.3 Å². The van der Waals surface area contributed by atoms with Gasteiger partial charge in [0.1, 0.15) is 0 Å². The highest BCUT2D eigenvalue weighted by atomic mass is 32.2. The second kappa shape index (κ2) is 8.60. The van der Waals surface area contributed by atoms with Gasteiger partial charge < -0.3 is 11.1 Å². The molecule has 1 aromatic carbocycles. The summed E-state index contributed by atoms with van der Waals surface area (Å²) in [5.74, 6) is 0.811. The number of nitrogens with two attached hydrogens (primary N) is 1. The molecule has 1 heterocycles. The number of hydrogen-bond acceptors (Lipinski definition) is 4. The van der Waals surface area contributed by atoms with Crippen LogP contribution < -0.4 is 11.1 Å². The normalized spacial score (nSPS) is 12.1. The molecular weight excluding hydrogens is 296 g/mol. The number of amides is 1. The van der Waals surface area contributed by atoms with Crippen molar-refractivity contribution < 1.29 is 4.79 Å². The van der Waals surface area contributed by atoms with E-state index in [0.29, 0.717) is 13.0 Å². The van der Waals surface area contributed by atoms with Crippen LogP contribution in [0.5, 0.6) is 0 Å². The maximum atomic E-state index is 11.8. The average molecular weight is 318 g/mol. The molecule has 0 fully saturated rings. The number of hydrogen-bond donors (Lipinski definition) is 2. The van der Waals surface area contributed by atoms with Crippen LogP contribution >= 0.6 is 11.8 Å². The highest BCUT2D eigenvalue weighted by molar-refractivity contribution is 7.98. The zero-order chi connectivity index (χ0) is 15.8. The predicted octanol–water partition coefficient (Wildman–Crippen LogP) is 1.63. The van der Waals surface area contributed by atoms with Crippen LogP contribution in [0.4, 0.5) is 0 Å². The van der Waals surface area contributed by atoms with E-state index < -0.39 is 6.04 Å². The highest BCUT2D eigenvalue weighted by Gasteiger charge is 2.12. The Morgan fingerprint density at radius 3 is 2.73 bits per heavy atom. The number of nitrogens with one attached hydrogen (secondary N) is 1. The van der Waals surface area contributed by atoms with Gasteiger partial charge in [0.2, 0.25) is 5.91 Å². The molecule has 0 aliphatic rings. The van der Waals surface area contributed by atoms with Crippen LogP contribution in [0.1, 0.15) is 17.5 Å². The Bertz CT molecular complexity index is 568. The second-order valence-electron chi connectivity index (χ2n) is 5.13. The van der Waals surface area contributed by atoms with Crippen LogP contribution in [0.3, 0.4) is 0 Å². The SMILES string of the molecule is CSCCC(N)C(=O)NCc1ccc(Cn2cccn2)cc1. The van der Waals surface area contributed by atoms with Crippen LogP contribution in [0.15, 0.2) is 42.7 Å². The lowest BCUT2D eigenvalue weighted by Gasteiger charge is -2.12. The van der Waals surface area contributed by atoms with E-state index in [1.165, 1.54) is 5.56 Å². The maximum absolute atomic E-state index is 11.8. The first kappa shape index (κ1) is 16.6. The summed E-state index contributed by atoms with van der Waals surface area (Å²) < 4.78 is 1.88. The van der Waals surface area contributed by atoms with Crippen molar-refractivity contribution in [2.24, 2.45) is 5.73 Å². The zero-order valence-corrected chi connectivity index (χ0v) is 13.6. The first-order valence-corrected chi connectivity index (χ1v) is 8.66. The summed E-state index contributed by atoms with van der Waals surface area (Å²) in [7, 11) is 0. The van der Waals surface area contributed by atoms with Gasteiger partial charge in [-0.15, -0.1) is 0 Å². The van der Waals surface area contributed by atoms with E-state index in [0.717, 1.165) is 17.9 Å². The zero-order valence-electron chi connectivity index (χ0n) is 12.7. The lowest BCUT2D eigenvalue weighted by Crippen LogP contribution is -2.40. The monoisotopic (exact) mass is 318 g/mol. The molecule has 0 spiro atoms. The van der Waals surface area contributed by atoms with E-state index in [2.05, 4.69) is 22.5 Å². The van der Waals surface area contributed by atoms with Gasteiger partial charge in [0, 0.05) is 18.9 Å². The molecule has 0 saturated carbocycles. The molecule has 22 heavy (non-hydrogen) atoms. The van der Waals surface area contributed by atoms with Gasteiger partial charge in [0.25, 0.3) is 0 Å². The van der Waals surface area contributed by atoms with Crippen molar-refractivity contribution in [2.75, 3.05) is 12.0 Å². The molecule has 1 amide bonds. The molecule has 118 valence electrons. The Hall–Kier alpha value is -1.79. The minimum absolute atomic E-state index is 0.0883. The minimum Gasteiger partial charge on any atom is -0.351 e. The number of rotatable bonds is 8. The largest absolute Gasteiger partial charge is 0.351 e. The van der Waals surface area contributed by atoms with E-state index >= 15 is 0 Å². The van der Waals surface area contributed by atoms with Gasteiger partial charge in [-0.1, -0.05) is 24.3 Å². The van der Waals surface area contributed by atoms with E-state index in [-0.39, 0.29) is 5.91 Å². The van der Waals surface area contributed by atoms with Gasteiger partial charge >= 0.3 is 0 Å². The molecule has 5 nitrogen and oxygen atoms in total. The summed E-state index contributed by atoms with van der Waals surface area (Å²) in [6.07, 6.45) is 6.42. The molecule has 0 radical (unpaired) electrons. The van der Waals surface area contributed by atoms with Crippen molar-refractivity contribution in [1.29, 1.82) is 0 Å². The van der Waals surface area contributed by atoms with Crippen LogP contribution in [0, 0.1) is 0 Å². The molecule has 1 unspecified atom stereocenters.